The van der Waals surface area contributed by atoms with E-state index in [1.54, 1.807) is 12.1 Å². The standard InChI is InChI=1S/C17H18F2O/c1-2-3-6-11-17(18,19)16(20)15-10-9-13-7-4-5-8-14(13)12-15/h4-5,7-10,12H,2-3,6,11H2,1H3. The summed E-state index contributed by atoms with van der Waals surface area (Å²) in [5.41, 5.74) is 0.0881. The first-order chi connectivity index (χ1) is 9.54. The van der Waals surface area contributed by atoms with Crippen LogP contribution >= 0.6 is 0 Å². The Balaban J connectivity index is 2.21. The predicted octanol–water partition coefficient (Wildman–Crippen LogP) is 5.24. The van der Waals surface area contributed by atoms with Gasteiger partial charge >= 0.3 is 5.92 Å². The number of fused-ring (bicyclic) bond motifs is 1. The number of hydrogen-bond donors (Lipinski definition) is 0. The number of rotatable bonds is 6. The van der Waals surface area contributed by atoms with Crippen molar-refractivity contribution in [1.82, 2.24) is 0 Å². The number of benzene rings is 2. The number of alkyl halides is 2. The van der Waals surface area contributed by atoms with Crippen molar-refractivity contribution in [3.05, 3.63) is 48.0 Å². The van der Waals surface area contributed by atoms with E-state index in [2.05, 4.69) is 0 Å². The summed E-state index contributed by atoms with van der Waals surface area (Å²) in [7, 11) is 0. The van der Waals surface area contributed by atoms with Crippen molar-refractivity contribution in [2.24, 2.45) is 0 Å². The van der Waals surface area contributed by atoms with Crippen molar-refractivity contribution in [2.75, 3.05) is 0 Å². The smallest absolute Gasteiger partial charge is 0.287 e. The Morgan fingerprint density at radius 1 is 1.05 bits per heavy atom. The van der Waals surface area contributed by atoms with Gasteiger partial charge in [0.2, 0.25) is 5.78 Å². The first-order valence-electron chi connectivity index (χ1n) is 6.96. The fourth-order valence-corrected chi connectivity index (χ4v) is 2.25. The van der Waals surface area contributed by atoms with Crippen LogP contribution in [0.1, 0.15) is 43.0 Å². The molecule has 106 valence electrons. The Morgan fingerprint density at radius 2 is 1.75 bits per heavy atom. The molecule has 0 saturated carbocycles. The number of ketones is 1. The van der Waals surface area contributed by atoms with E-state index in [1.807, 2.05) is 31.2 Å². The largest absolute Gasteiger partial charge is 0.309 e. The number of halogens is 2. The van der Waals surface area contributed by atoms with Gasteiger partial charge in [-0.05, 0) is 23.3 Å². The van der Waals surface area contributed by atoms with Crippen LogP contribution in [0.15, 0.2) is 42.5 Å². The van der Waals surface area contributed by atoms with Crippen LogP contribution < -0.4 is 0 Å². The third kappa shape index (κ3) is 3.21. The molecule has 0 saturated heterocycles. The van der Waals surface area contributed by atoms with E-state index in [1.165, 1.54) is 6.07 Å². The highest BCUT2D eigenvalue weighted by Crippen LogP contribution is 2.28. The van der Waals surface area contributed by atoms with Gasteiger partial charge in [0.15, 0.2) is 0 Å². The molecule has 0 spiro atoms. The molecule has 0 fully saturated rings. The molecule has 0 radical (unpaired) electrons. The second kappa shape index (κ2) is 6.12. The molecule has 0 atom stereocenters. The average molecular weight is 276 g/mol. The maximum atomic E-state index is 13.9. The molecule has 1 nitrogen and oxygen atoms in total. The van der Waals surface area contributed by atoms with Gasteiger partial charge in [-0.1, -0.05) is 56.2 Å². The summed E-state index contributed by atoms with van der Waals surface area (Å²) in [4.78, 5) is 12.0. The first kappa shape index (κ1) is 14.6. The van der Waals surface area contributed by atoms with Gasteiger partial charge in [-0.2, -0.15) is 8.78 Å². The molecular formula is C17H18F2O. The van der Waals surface area contributed by atoms with Crippen LogP contribution in [-0.2, 0) is 0 Å². The average Bonchev–Trinajstić information content (AvgIpc) is 2.46. The van der Waals surface area contributed by atoms with Crippen LogP contribution in [0, 0.1) is 0 Å². The van der Waals surface area contributed by atoms with E-state index in [0.29, 0.717) is 6.42 Å². The number of carbonyl (C=O) groups is 1. The van der Waals surface area contributed by atoms with Crippen LogP contribution in [0.3, 0.4) is 0 Å². The minimum absolute atomic E-state index is 0.0881. The highest BCUT2D eigenvalue weighted by Gasteiger charge is 2.38. The summed E-state index contributed by atoms with van der Waals surface area (Å²) in [6.45, 7) is 1.95. The highest BCUT2D eigenvalue weighted by molar-refractivity contribution is 6.04. The topological polar surface area (TPSA) is 17.1 Å². The zero-order chi connectivity index (χ0) is 14.6. The normalized spacial score (nSPS) is 11.8. The highest BCUT2D eigenvalue weighted by atomic mass is 19.3. The molecule has 20 heavy (non-hydrogen) atoms. The minimum atomic E-state index is -3.27. The molecule has 0 bridgehead atoms. The third-order valence-electron chi connectivity index (χ3n) is 3.44. The number of unbranched alkanes of at least 4 members (excludes halogenated alkanes) is 2. The monoisotopic (exact) mass is 276 g/mol. The van der Waals surface area contributed by atoms with Gasteiger partial charge < -0.3 is 0 Å². The van der Waals surface area contributed by atoms with Gasteiger partial charge in [0.1, 0.15) is 0 Å². The summed E-state index contributed by atoms with van der Waals surface area (Å²) in [6.07, 6.45) is 1.59. The second-order valence-corrected chi connectivity index (χ2v) is 5.05. The SMILES string of the molecule is CCCCCC(F)(F)C(=O)c1ccc2ccccc2c1. The predicted molar refractivity (Wildman–Crippen MR) is 77.4 cm³/mol. The van der Waals surface area contributed by atoms with Gasteiger partial charge in [-0.25, -0.2) is 0 Å². The Morgan fingerprint density at radius 3 is 2.45 bits per heavy atom. The molecule has 0 N–H and O–H groups in total. The molecule has 0 unspecified atom stereocenters. The van der Waals surface area contributed by atoms with E-state index in [-0.39, 0.29) is 12.0 Å². The van der Waals surface area contributed by atoms with Gasteiger partial charge in [0, 0.05) is 12.0 Å². The zero-order valence-corrected chi connectivity index (χ0v) is 11.5. The van der Waals surface area contributed by atoms with Crippen molar-refractivity contribution in [3.63, 3.8) is 0 Å². The van der Waals surface area contributed by atoms with Crippen LogP contribution in [0.2, 0.25) is 0 Å². The van der Waals surface area contributed by atoms with Gasteiger partial charge in [0.05, 0.1) is 0 Å². The molecule has 0 aliphatic rings. The van der Waals surface area contributed by atoms with E-state index in [4.69, 9.17) is 0 Å². The Kier molecular flexibility index (Phi) is 4.48. The molecule has 2 rings (SSSR count). The third-order valence-corrected chi connectivity index (χ3v) is 3.44. The maximum absolute atomic E-state index is 13.9. The van der Waals surface area contributed by atoms with Gasteiger partial charge in [0.25, 0.3) is 0 Å². The molecule has 0 aliphatic heterocycles. The summed E-state index contributed by atoms with van der Waals surface area (Å²) in [5, 5.41) is 1.75. The van der Waals surface area contributed by atoms with E-state index < -0.39 is 11.7 Å². The minimum Gasteiger partial charge on any atom is -0.287 e. The fraction of sp³-hybridized carbons (Fsp3) is 0.353. The summed E-state index contributed by atoms with van der Waals surface area (Å²) in [5.74, 6) is -4.34. The number of carbonyl (C=O) groups excluding carboxylic acids is 1. The van der Waals surface area contributed by atoms with Crippen molar-refractivity contribution in [1.29, 1.82) is 0 Å². The Labute approximate surface area is 117 Å². The molecule has 0 aromatic heterocycles. The number of Topliss-reactive ketones (excluding diaryl/α,β-unsaturated/α-hetero) is 1. The van der Waals surface area contributed by atoms with Crippen molar-refractivity contribution >= 4 is 16.6 Å². The lowest BCUT2D eigenvalue weighted by molar-refractivity contribution is 0.00346. The van der Waals surface area contributed by atoms with Crippen LogP contribution in [0.25, 0.3) is 10.8 Å². The fourth-order valence-electron chi connectivity index (χ4n) is 2.25. The molecule has 0 amide bonds. The van der Waals surface area contributed by atoms with E-state index in [0.717, 1.165) is 23.6 Å². The van der Waals surface area contributed by atoms with Crippen molar-refractivity contribution < 1.29 is 13.6 Å². The molecule has 2 aromatic carbocycles. The Bertz CT molecular complexity index is 605. The first-order valence-corrected chi connectivity index (χ1v) is 6.96. The van der Waals surface area contributed by atoms with Gasteiger partial charge in [-0.3, -0.25) is 4.79 Å². The van der Waals surface area contributed by atoms with E-state index >= 15 is 0 Å². The second-order valence-electron chi connectivity index (χ2n) is 5.05. The van der Waals surface area contributed by atoms with Crippen LogP contribution in [0.4, 0.5) is 8.78 Å². The van der Waals surface area contributed by atoms with Crippen molar-refractivity contribution in [3.8, 4) is 0 Å². The number of hydrogen-bond acceptors (Lipinski definition) is 1. The molecule has 2 aromatic rings. The zero-order valence-electron chi connectivity index (χ0n) is 11.5. The molecule has 3 heteroatoms. The molecule has 0 aliphatic carbocycles. The summed E-state index contributed by atoms with van der Waals surface area (Å²) >= 11 is 0. The lowest BCUT2D eigenvalue weighted by Gasteiger charge is -2.15. The Hall–Kier alpha value is -1.77. The lowest BCUT2D eigenvalue weighted by Crippen LogP contribution is -2.28. The van der Waals surface area contributed by atoms with Crippen molar-refractivity contribution in [2.45, 2.75) is 38.5 Å². The molecular weight excluding hydrogens is 258 g/mol. The van der Waals surface area contributed by atoms with E-state index in [9.17, 15) is 13.6 Å². The van der Waals surface area contributed by atoms with Crippen LogP contribution in [0.5, 0.6) is 0 Å². The maximum Gasteiger partial charge on any atom is 0.309 e. The summed E-state index contributed by atoms with van der Waals surface area (Å²) < 4.78 is 27.8. The van der Waals surface area contributed by atoms with Crippen LogP contribution in [-0.4, -0.2) is 11.7 Å². The quantitative estimate of drug-likeness (QED) is 0.521. The van der Waals surface area contributed by atoms with Gasteiger partial charge in [-0.15, -0.1) is 0 Å². The lowest BCUT2D eigenvalue weighted by atomic mass is 9.98. The summed E-state index contributed by atoms with van der Waals surface area (Å²) in [6, 6.07) is 12.2. The molecule has 0 heterocycles.